The van der Waals surface area contributed by atoms with E-state index in [2.05, 4.69) is 15.2 Å². The van der Waals surface area contributed by atoms with Crippen LogP contribution in [-0.2, 0) is 5.75 Å². The van der Waals surface area contributed by atoms with Gasteiger partial charge in [0.25, 0.3) is 5.22 Å². The molecule has 0 saturated carbocycles. The lowest BCUT2D eigenvalue weighted by Gasteiger charge is -1.96. The quantitative estimate of drug-likeness (QED) is 0.434. The first kappa shape index (κ1) is 11.3. The smallest absolute Gasteiger partial charge is 0.257 e. The molecule has 8 heteroatoms. The second-order valence-electron chi connectivity index (χ2n) is 3.55. The Morgan fingerprint density at radius 1 is 1.44 bits per heavy atom. The molecule has 0 aliphatic heterocycles. The van der Waals surface area contributed by atoms with E-state index in [0.29, 0.717) is 21.6 Å². The highest BCUT2D eigenvalue weighted by molar-refractivity contribution is 7.98. The number of H-pyrrole nitrogens is 1. The first-order valence-corrected chi connectivity index (χ1v) is 6.53. The van der Waals surface area contributed by atoms with Crippen molar-refractivity contribution in [3.05, 3.63) is 34.9 Å². The fourth-order valence-corrected chi connectivity index (χ4v) is 2.40. The first-order valence-electron chi connectivity index (χ1n) is 5.14. The minimum absolute atomic E-state index is 0.392. The summed E-state index contributed by atoms with van der Waals surface area (Å²) in [5, 5.41) is 7.23. The molecule has 18 heavy (non-hydrogen) atoms. The summed E-state index contributed by atoms with van der Waals surface area (Å²) in [5.74, 6) is 6.88. The molecule has 3 rings (SSSR count). The molecule has 0 fully saturated rings. The van der Waals surface area contributed by atoms with Gasteiger partial charge in [-0.25, -0.2) is 9.66 Å². The molecule has 0 aliphatic carbocycles. The number of fused-ring (bicyclic) bond motifs is 1. The van der Waals surface area contributed by atoms with Crippen LogP contribution in [0.2, 0.25) is 0 Å². The molecule has 3 aromatic rings. The zero-order valence-electron chi connectivity index (χ0n) is 9.16. The van der Waals surface area contributed by atoms with Gasteiger partial charge in [-0.15, -0.1) is 0 Å². The van der Waals surface area contributed by atoms with Gasteiger partial charge in [0.2, 0.25) is 4.77 Å². The maximum Gasteiger partial charge on any atom is 0.257 e. The number of rotatable bonds is 3. The van der Waals surface area contributed by atoms with Gasteiger partial charge in [0, 0.05) is 0 Å². The van der Waals surface area contributed by atoms with Gasteiger partial charge in [-0.05, 0) is 24.4 Å². The molecule has 2 heterocycles. The van der Waals surface area contributed by atoms with Crippen LogP contribution in [0.4, 0.5) is 0 Å². The molecule has 0 radical (unpaired) electrons. The fraction of sp³-hybridized carbons (Fsp3) is 0.100. The molecule has 1 aromatic carbocycles. The highest BCUT2D eigenvalue weighted by Gasteiger charge is 2.09. The predicted molar refractivity (Wildman–Crippen MR) is 71.1 cm³/mol. The van der Waals surface area contributed by atoms with Crippen molar-refractivity contribution in [2.24, 2.45) is 0 Å². The molecule has 0 amide bonds. The molecule has 0 saturated heterocycles. The molecule has 0 spiro atoms. The number of hydrogen-bond acceptors (Lipinski definition) is 6. The maximum atomic E-state index is 5.70. The largest absolute Gasteiger partial charge is 0.431 e. The molecular weight excluding hydrogens is 270 g/mol. The highest BCUT2D eigenvalue weighted by atomic mass is 32.2. The van der Waals surface area contributed by atoms with Crippen LogP contribution in [0, 0.1) is 4.77 Å². The van der Waals surface area contributed by atoms with E-state index in [1.54, 1.807) is 0 Å². The van der Waals surface area contributed by atoms with Gasteiger partial charge in [-0.1, -0.05) is 23.9 Å². The number of benzene rings is 1. The van der Waals surface area contributed by atoms with Gasteiger partial charge in [0.05, 0.1) is 5.75 Å². The number of nitrogens with one attached hydrogen (secondary N) is 1. The summed E-state index contributed by atoms with van der Waals surface area (Å²) in [4.78, 5) is 4.35. The van der Waals surface area contributed by atoms with Crippen LogP contribution < -0.4 is 5.84 Å². The summed E-state index contributed by atoms with van der Waals surface area (Å²) >= 11 is 6.35. The van der Waals surface area contributed by atoms with Crippen molar-refractivity contribution in [2.45, 2.75) is 11.0 Å². The van der Waals surface area contributed by atoms with Crippen molar-refractivity contribution >= 4 is 35.1 Å². The summed E-state index contributed by atoms with van der Waals surface area (Å²) in [5.41, 5.74) is 1.61. The zero-order chi connectivity index (χ0) is 12.5. The molecule has 2 aromatic heterocycles. The summed E-state index contributed by atoms with van der Waals surface area (Å²) in [6, 6.07) is 7.62. The van der Waals surface area contributed by atoms with Crippen molar-refractivity contribution in [1.82, 2.24) is 19.9 Å². The summed E-state index contributed by atoms with van der Waals surface area (Å²) in [6.07, 6.45) is 0. The maximum absolute atomic E-state index is 5.70. The minimum Gasteiger partial charge on any atom is -0.431 e. The molecule has 92 valence electrons. The Hall–Kier alpha value is -1.80. The Balaban J connectivity index is 1.81. The van der Waals surface area contributed by atoms with E-state index in [1.807, 2.05) is 24.3 Å². The number of nitrogens with zero attached hydrogens (tertiary/aromatic N) is 3. The van der Waals surface area contributed by atoms with Crippen LogP contribution in [0.5, 0.6) is 0 Å². The van der Waals surface area contributed by atoms with Gasteiger partial charge >= 0.3 is 0 Å². The van der Waals surface area contributed by atoms with E-state index in [4.69, 9.17) is 22.5 Å². The Kier molecular flexibility index (Phi) is 2.80. The number of oxazole rings is 1. The van der Waals surface area contributed by atoms with E-state index in [9.17, 15) is 0 Å². The average molecular weight is 279 g/mol. The Bertz CT molecular complexity index is 711. The standard InChI is InChI=1S/C10H9N5OS2/c11-15-8(13-14-9(15)17)5-18-10-12-6-3-1-2-4-7(6)16-10/h1-4H,5,11H2,(H,14,17). The molecule has 0 unspecified atom stereocenters. The van der Waals surface area contributed by atoms with Crippen LogP contribution >= 0.6 is 24.0 Å². The number of nitrogens with two attached hydrogens (primary N) is 1. The van der Waals surface area contributed by atoms with Crippen molar-refractivity contribution in [3.8, 4) is 0 Å². The van der Waals surface area contributed by atoms with Crippen molar-refractivity contribution in [2.75, 3.05) is 5.84 Å². The Labute approximate surface area is 111 Å². The van der Waals surface area contributed by atoms with Gasteiger partial charge in [0.1, 0.15) is 5.52 Å². The Morgan fingerprint density at radius 2 is 2.28 bits per heavy atom. The van der Waals surface area contributed by atoms with Crippen LogP contribution in [0.3, 0.4) is 0 Å². The first-order chi connectivity index (χ1) is 8.74. The molecule has 0 bridgehead atoms. The number of nitrogen functional groups attached to an aromatic ring is 1. The SMILES string of the molecule is Nn1c(CSc2nc3ccccc3o2)n[nH]c1=S. The summed E-state index contributed by atoms with van der Waals surface area (Å²) < 4.78 is 7.30. The van der Waals surface area contributed by atoms with Crippen molar-refractivity contribution < 1.29 is 4.42 Å². The Morgan fingerprint density at radius 3 is 3.00 bits per heavy atom. The topological polar surface area (TPSA) is 85.7 Å². The number of aromatic amines is 1. The molecule has 3 N–H and O–H groups in total. The average Bonchev–Trinajstić information content (AvgIpc) is 2.92. The van der Waals surface area contributed by atoms with Gasteiger partial charge in [0.15, 0.2) is 11.4 Å². The monoisotopic (exact) mass is 279 g/mol. The zero-order valence-corrected chi connectivity index (χ0v) is 10.8. The van der Waals surface area contributed by atoms with E-state index < -0.39 is 0 Å². The van der Waals surface area contributed by atoms with Gasteiger partial charge in [-0.2, -0.15) is 5.10 Å². The fourth-order valence-electron chi connectivity index (χ4n) is 1.48. The predicted octanol–water partition coefficient (Wildman–Crippen LogP) is 2.09. The van der Waals surface area contributed by atoms with Crippen LogP contribution in [0.15, 0.2) is 33.9 Å². The third-order valence-corrected chi connectivity index (χ3v) is 3.49. The van der Waals surface area contributed by atoms with Crippen LogP contribution in [-0.4, -0.2) is 19.9 Å². The molecule has 0 atom stereocenters. The van der Waals surface area contributed by atoms with Crippen molar-refractivity contribution in [3.63, 3.8) is 0 Å². The van der Waals surface area contributed by atoms with E-state index in [-0.39, 0.29) is 0 Å². The van der Waals surface area contributed by atoms with E-state index in [0.717, 1.165) is 11.1 Å². The number of aromatic nitrogens is 4. The van der Waals surface area contributed by atoms with E-state index in [1.165, 1.54) is 16.4 Å². The van der Waals surface area contributed by atoms with E-state index >= 15 is 0 Å². The summed E-state index contributed by atoms with van der Waals surface area (Å²) in [7, 11) is 0. The summed E-state index contributed by atoms with van der Waals surface area (Å²) in [6.45, 7) is 0. The van der Waals surface area contributed by atoms with Crippen molar-refractivity contribution in [1.29, 1.82) is 0 Å². The highest BCUT2D eigenvalue weighted by Crippen LogP contribution is 2.25. The lowest BCUT2D eigenvalue weighted by atomic mass is 10.3. The molecule has 0 aliphatic rings. The number of hydrogen-bond donors (Lipinski definition) is 2. The minimum atomic E-state index is 0.392. The number of thioether (sulfide) groups is 1. The van der Waals surface area contributed by atoms with Gasteiger partial charge < -0.3 is 10.3 Å². The lowest BCUT2D eigenvalue weighted by molar-refractivity contribution is 0.489. The van der Waals surface area contributed by atoms with Crippen LogP contribution in [0.25, 0.3) is 11.1 Å². The van der Waals surface area contributed by atoms with Gasteiger partial charge in [-0.3, -0.25) is 5.10 Å². The second-order valence-corrected chi connectivity index (χ2v) is 4.86. The third kappa shape index (κ3) is 2.00. The second kappa shape index (κ2) is 4.46. The third-order valence-electron chi connectivity index (χ3n) is 2.38. The van der Waals surface area contributed by atoms with Crippen LogP contribution in [0.1, 0.15) is 5.82 Å². The number of para-hydroxylation sites is 2. The normalized spacial score (nSPS) is 11.1. The molecule has 6 nitrogen and oxygen atoms in total. The molecular formula is C10H9N5OS2. The lowest BCUT2D eigenvalue weighted by Crippen LogP contribution is -2.11.